The van der Waals surface area contributed by atoms with Gasteiger partial charge >= 0.3 is 17.9 Å². The molecule has 8 heteroatoms. The van der Waals surface area contributed by atoms with Crippen LogP contribution in [0.15, 0.2) is 30.9 Å². The first kappa shape index (κ1) is 25.5. The summed E-state index contributed by atoms with van der Waals surface area (Å²) in [6.07, 6.45) is -1.25. The average Bonchev–Trinajstić information content (AvgIpc) is 2.71. The summed E-state index contributed by atoms with van der Waals surface area (Å²) >= 11 is 0. The van der Waals surface area contributed by atoms with E-state index in [4.69, 9.17) is 23.7 Å². The Labute approximate surface area is 188 Å². The van der Waals surface area contributed by atoms with Crippen molar-refractivity contribution in [3.8, 4) is 0 Å². The monoisotopic (exact) mass is 448 g/mol. The van der Waals surface area contributed by atoms with Gasteiger partial charge in [0.25, 0.3) is 0 Å². The van der Waals surface area contributed by atoms with Crippen LogP contribution in [0.3, 0.4) is 0 Å². The molecule has 1 aliphatic rings. The third kappa shape index (κ3) is 6.64. The molecule has 1 aromatic carbocycles. The first-order valence-electron chi connectivity index (χ1n) is 10.6. The minimum Gasteiger partial charge on any atom is -0.458 e. The Morgan fingerprint density at radius 1 is 1.00 bits per heavy atom. The summed E-state index contributed by atoms with van der Waals surface area (Å²) in [7, 11) is 0. The number of ether oxygens (including phenoxy) is 5. The topological polar surface area (TPSA) is 97.4 Å². The summed E-state index contributed by atoms with van der Waals surface area (Å²) in [6.45, 7) is 12.1. The number of rotatable bonds is 9. The van der Waals surface area contributed by atoms with Gasteiger partial charge in [0.15, 0.2) is 6.10 Å². The predicted octanol–water partition coefficient (Wildman–Crippen LogP) is 3.41. The predicted molar refractivity (Wildman–Crippen MR) is 115 cm³/mol. The van der Waals surface area contributed by atoms with Crippen LogP contribution in [0.5, 0.6) is 0 Å². The molecule has 0 saturated carbocycles. The quantitative estimate of drug-likeness (QED) is 0.245. The van der Waals surface area contributed by atoms with Gasteiger partial charge in [-0.2, -0.15) is 0 Å². The minimum absolute atomic E-state index is 0.399. The van der Waals surface area contributed by atoms with Crippen molar-refractivity contribution in [1.82, 2.24) is 0 Å². The largest absolute Gasteiger partial charge is 0.458 e. The van der Waals surface area contributed by atoms with Crippen molar-refractivity contribution in [3.05, 3.63) is 47.5 Å². The first-order chi connectivity index (χ1) is 15.2. The lowest BCUT2D eigenvalue weighted by Gasteiger charge is -2.43. The highest BCUT2D eigenvalue weighted by atomic mass is 16.7. The fourth-order valence-corrected chi connectivity index (χ4v) is 3.85. The molecule has 8 nitrogen and oxygen atoms in total. The van der Waals surface area contributed by atoms with Crippen LogP contribution in [0.1, 0.15) is 57.4 Å². The van der Waals surface area contributed by atoms with E-state index in [9.17, 15) is 14.4 Å². The summed E-state index contributed by atoms with van der Waals surface area (Å²) < 4.78 is 27.9. The molecule has 0 aromatic heterocycles. The van der Waals surface area contributed by atoms with Gasteiger partial charge in [-0.3, -0.25) is 14.4 Å². The molecular formula is C24H32O8. The molecule has 0 spiro atoms. The summed E-state index contributed by atoms with van der Waals surface area (Å²) in [4.78, 5) is 35.2. The average molecular weight is 449 g/mol. The SMILES string of the molecule is C=CCOCc1cc([C@@H]2OC(OC(C)=O)[C@@H](OC(C)=O)[C@H](OC(C)=O)[C@H]2C)ccc1CC. The van der Waals surface area contributed by atoms with E-state index in [-0.39, 0.29) is 0 Å². The summed E-state index contributed by atoms with van der Waals surface area (Å²) in [6, 6.07) is 5.90. The number of esters is 3. The normalized spacial score (nSPS) is 25.0. The van der Waals surface area contributed by atoms with Crippen LogP contribution in [0, 0.1) is 5.92 Å². The number of hydrogen-bond acceptors (Lipinski definition) is 8. The third-order valence-corrected chi connectivity index (χ3v) is 5.19. The van der Waals surface area contributed by atoms with Crippen molar-refractivity contribution in [3.63, 3.8) is 0 Å². The molecule has 1 aromatic rings. The van der Waals surface area contributed by atoms with Gasteiger partial charge in [-0.25, -0.2) is 0 Å². The molecular weight excluding hydrogens is 416 g/mol. The molecule has 0 radical (unpaired) electrons. The molecule has 0 aliphatic carbocycles. The molecule has 176 valence electrons. The van der Waals surface area contributed by atoms with Gasteiger partial charge in [0, 0.05) is 26.7 Å². The molecule has 1 saturated heterocycles. The van der Waals surface area contributed by atoms with E-state index in [1.807, 2.05) is 25.1 Å². The second kappa shape index (κ2) is 11.8. The van der Waals surface area contributed by atoms with Crippen molar-refractivity contribution in [2.75, 3.05) is 6.61 Å². The van der Waals surface area contributed by atoms with Gasteiger partial charge < -0.3 is 23.7 Å². The number of aryl methyl sites for hydroxylation is 1. The van der Waals surface area contributed by atoms with Gasteiger partial charge in [0.05, 0.1) is 19.3 Å². The van der Waals surface area contributed by atoms with E-state index in [0.717, 1.165) is 23.1 Å². The van der Waals surface area contributed by atoms with Gasteiger partial charge in [-0.05, 0) is 23.1 Å². The maximum atomic E-state index is 11.8. The number of carbonyl (C=O) groups is 3. The first-order valence-corrected chi connectivity index (χ1v) is 10.6. The molecule has 1 unspecified atom stereocenters. The highest BCUT2D eigenvalue weighted by Gasteiger charge is 2.50. The minimum atomic E-state index is -1.23. The maximum absolute atomic E-state index is 11.8. The Hall–Kier alpha value is -2.71. The van der Waals surface area contributed by atoms with Crippen LogP contribution in [0.25, 0.3) is 0 Å². The Kier molecular flexibility index (Phi) is 9.41. The second-order valence-corrected chi connectivity index (χ2v) is 7.73. The lowest BCUT2D eigenvalue weighted by molar-refractivity contribution is -0.283. The fourth-order valence-electron chi connectivity index (χ4n) is 3.85. The molecule has 32 heavy (non-hydrogen) atoms. The van der Waals surface area contributed by atoms with Crippen LogP contribution >= 0.6 is 0 Å². The van der Waals surface area contributed by atoms with Crippen LogP contribution in [-0.2, 0) is 51.1 Å². The third-order valence-electron chi connectivity index (χ3n) is 5.19. The zero-order chi connectivity index (χ0) is 23.8. The van der Waals surface area contributed by atoms with Gasteiger partial charge in [-0.1, -0.05) is 38.1 Å². The Balaban J connectivity index is 2.44. The van der Waals surface area contributed by atoms with Crippen LogP contribution in [0.2, 0.25) is 0 Å². The molecule has 1 fully saturated rings. The Bertz CT molecular complexity index is 833. The van der Waals surface area contributed by atoms with Crippen molar-refractivity contribution < 1.29 is 38.1 Å². The number of carbonyl (C=O) groups excluding carboxylic acids is 3. The lowest BCUT2D eigenvalue weighted by Crippen LogP contribution is -2.55. The van der Waals surface area contributed by atoms with Crippen molar-refractivity contribution in [2.24, 2.45) is 5.92 Å². The Morgan fingerprint density at radius 2 is 1.62 bits per heavy atom. The molecule has 0 N–H and O–H groups in total. The molecule has 5 atom stereocenters. The molecule has 0 amide bonds. The van der Waals surface area contributed by atoms with Crippen LogP contribution in [-0.4, -0.2) is 43.0 Å². The second-order valence-electron chi connectivity index (χ2n) is 7.73. The number of hydrogen-bond donors (Lipinski definition) is 0. The van der Waals surface area contributed by atoms with Crippen molar-refractivity contribution in [1.29, 1.82) is 0 Å². The van der Waals surface area contributed by atoms with Crippen molar-refractivity contribution in [2.45, 2.75) is 72.2 Å². The van der Waals surface area contributed by atoms with Gasteiger partial charge in [-0.15, -0.1) is 6.58 Å². The van der Waals surface area contributed by atoms with Gasteiger partial charge in [0.1, 0.15) is 0 Å². The highest BCUT2D eigenvalue weighted by molar-refractivity contribution is 5.68. The maximum Gasteiger partial charge on any atom is 0.305 e. The molecule has 0 bridgehead atoms. The van der Waals surface area contributed by atoms with E-state index < -0.39 is 48.4 Å². The van der Waals surface area contributed by atoms with E-state index in [1.165, 1.54) is 20.8 Å². The summed E-state index contributed by atoms with van der Waals surface area (Å²) in [5.41, 5.74) is 2.94. The van der Waals surface area contributed by atoms with Crippen LogP contribution < -0.4 is 0 Å². The Morgan fingerprint density at radius 3 is 2.19 bits per heavy atom. The van der Waals surface area contributed by atoms with E-state index >= 15 is 0 Å². The van der Waals surface area contributed by atoms with Crippen LogP contribution in [0.4, 0.5) is 0 Å². The molecule has 2 rings (SSSR count). The zero-order valence-corrected chi connectivity index (χ0v) is 19.3. The summed E-state index contributed by atoms with van der Waals surface area (Å²) in [5.74, 6) is -2.15. The zero-order valence-electron chi connectivity index (χ0n) is 19.3. The highest BCUT2D eigenvalue weighted by Crippen LogP contribution is 2.40. The standard InChI is InChI=1S/C24H32O8/c1-7-11-28-13-20-12-19(10-9-18(20)8-2)21-14(3)22(29-15(4)25)23(30-16(5)26)24(32-21)31-17(6)27/h7,9-10,12,14,21-24H,1,8,11,13H2,2-6H3/t14-,21+,22+,23-,24?/m0/s1. The fraction of sp³-hybridized carbons (Fsp3) is 0.542. The molecule has 1 heterocycles. The smallest absolute Gasteiger partial charge is 0.305 e. The lowest BCUT2D eigenvalue weighted by atomic mass is 9.85. The van der Waals surface area contributed by atoms with Crippen molar-refractivity contribution >= 4 is 17.9 Å². The summed E-state index contributed by atoms with van der Waals surface area (Å²) in [5, 5.41) is 0. The van der Waals surface area contributed by atoms with E-state index in [2.05, 4.69) is 13.5 Å². The molecule has 1 aliphatic heterocycles. The number of benzene rings is 1. The van der Waals surface area contributed by atoms with Gasteiger partial charge in [0.2, 0.25) is 12.4 Å². The van der Waals surface area contributed by atoms with E-state index in [0.29, 0.717) is 13.2 Å². The van der Waals surface area contributed by atoms with E-state index in [1.54, 1.807) is 6.08 Å².